The van der Waals surface area contributed by atoms with E-state index in [4.69, 9.17) is 4.42 Å². The number of furan rings is 1. The monoisotopic (exact) mass is 324 g/mol. The van der Waals surface area contributed by atoms with Gasteiger partial charge in [-0.05, 0) is 36.6 Å². The van der Waals surface area contributed by atoms with Gasteiger partial charge in [0.05, 0.1) is 18.5 Å². The first-order valence-corrected chi connectivity index (χ1v) is 8.16. The highest BCUT2D eigenvalue weighted by atomic mass is 16.3. The van der Waals surface area contributed by atoms with Gasteiger partial charge < -0.3 is 14.6 Å². The summed E-state index contributed by atoms with van der Waals surface area (Å²) in [7, 11) is 0. The third-order valence-corrected chi connectivity index (χ3v) is 5.99. The van der Waals surface area contributed by atoms with Crippen LogP contribution in [0.4, 0.5) is 0 Å². The molecule has 5 nitrogen and oxygen atoms in total. The van der Waals surface area contributed by atoms with Gasteiger partial charge in [0.1, 0.15) is 0 Å². The number of carbonyl (C=O) groups excluding carboxylic acids is 2. The normalized spacial score (nSPS) is 30.1. The van der Waals surface area contributed by atoms with Gasteiger partial charge in [-0.1, -0.05) is 0 Å². The minimum atomic E-state index is -0.863. The first-order chi connectivity index (χ1) is 11.4. The Labute approximate surface area is 137 Å². The zero-order chi connectivity index (χ0) is 16.8. The molecule has 1 aromatic carbocycles. The number of aliphatic hydroxyl groups is 2. The van der Waals surface area contributed by atoms with Gasteiger partial charge in [-0.15, -0.1) is 0 Å². The highest BCUT2D eigenvalue weighted by molar-refractivity contribution is 6.13. The molecule has 0 bridgehead atoms. The number of benzene rings is 1. The summed E-state index contributed by atoms with van der Waals surface area (Å²) in [6.07, 6.45) is 0.967. The fraction of sp³-hybridized carbons (Fsp3) is 0.368. The lowest BCUT2D eigenvalue weighted by molar-refractivity contribution is 0.0277. The van der Waals surface area contributed by atoms with Crippen molar-refractivity contribution in [1.82, 2.24) is 0 Å². The van der Waals surface area contributed by atoms with Gasteiger partial charge in [0, 0.05) is 40.5 Å². The van der Waals surface area contributed by atoms with Crippen molar-refractivity contribution in [3.05, 3.63) is 57.5 Å². The molecule has 3 aliphatic rings. The minimum absolute atomic E-state index is 0.0763. The Hall–Kier alpha value is -2.24. The zero-order valence-electron chi connectivity index (χ0n) is 13.1. The van der Waals surface area contributed by atoms with Crippen LogP contribution >= 0.6 is 0 Å². The number of rotatable bonds is 0. The summed E-state index contributed by atoms with van der Waals surface area (Å²) in [6.45, 7) is 1.86. The zero-order valence-corrected chi connectivity index (χ0v) is 13.1. The van der Waals surface area contributed by atoms with Gasteiger partial charge in [-0.3, -0.25) is 9.59 Å². The molecular weight excluding hydrogens is 308 g/mol. The molecular formula is C19H16O5. The van der Waals surface area contributed by atoms with E-state index in [1.807, 2.05) is 6.92 Å². The molecule has 1 heterocycles. The molecule has 122 valence electrons. The second-order valence-electron chi connectivity index (χ2n) is 7.17. The minimum Gasteiger partial charge on any atom is -0.460 e. The number of hydrogen-bond acceptors (Lipinski definition) is 5. The van der Waals surface area contributed by atoms with Crippen molar-refractivity contribution in [2.75, 3.05) is 0 Å². The van der Waals surface area contributed by atoms with Gasteiger partial charge in [0.15, 0.2) is 11.5 Å². The molecule has 1 aromatic heterocycles. The molecule has 5 heteroatoms. The highest BCUT2D eigenvalue weighted by Gasteiger charge is 2.53. The summed E-state index contributed by atoms with van der Waals surface area (Å²) in [5.41, 5.74) is 2.95. The first kappa shape index (κ1) is 14.1. The molecule has 0 radical (unpaired) electrons. The van der Waals surface area contributed by atoms with Crippen molar-refractivity contribution in [1.29, 1.82) is 0 Å². The third-order valence-electron chi connectivity index (χ3n) is 5.99. The largest absolute Gasteiger partial charge is 0.460 e. The van der Waals surface area contributed by atoms with E-state index in [1.165, 1.54) is 6.26 Å². The quantitative estimate of drug-likeness (QED) is 0.774. The standard InChI is InChI=1S/C19H16O5/c1-19-12-5-9-8(2-3-13(9)20)4-10(12)17(23)18-16(19)11(7-24-18)14(21)6-15(19)22/h4-5,7,14-15,21-22H,2-3,6H2,1H3. The predicted octanol–water partition coefficient (Wildman–Crippen LogP) is 2.06. The SMILES string of the molecule is CC12c3cc4c(cc3C(=O)c3occ(c31)C(O)CC2O)CCC4=O. The van der Waals surface area contributed by atoms with Crippen LogP contribution in [0.5, 0.6) is 0 Å². The van der Waals surface area contributed by atoms with Crippen molar-refractivity contribution < 1.29 is 24.2 Å². The van der Waals surface area contributed by atoms with Crippen molar-refractivity contribution >= 4 is 11.6 Å². The number of aliphatic hydroxyl groups excluding tert-OH is 2. The van der Waals surface area contributed by atoms with Crippen molar-refractivity contribution in [3.8, 4) is 0 Å². The summed E-state index contributed by atoms with van der Waals surface area (Å²) in [5, 5.41) is 21.0. The Morgan fingerprint density at radius 1 is 1.17 bits per heavy atom. The number of hydrogen-bond donors (Lipinski definition) is 2. The van der Waals surface area contributed by atoms with Crippen LogP contribution in [0.25, 0.3) is 0 Å². The maximum Gasteiger partial charge on any atom is 0.228 e. The van der Waals surface area contributed by atoms with Crippen LogP contribution < -0.4 is 0 Å². The van der Waals surface area contributed by atoms with Crippen LogP contribution in [-0.4, -0.2) is 27.9 Å². The summed E-state index contributed by atoms with van der Waals surface area (Å²) in [4.78, 5) is 25.0. The second kappa shape index (κ2) is 4.23. The lowest BCUT2D eigenvalue weighted by Crippen LogP contribution is -2.46. The number of ketones is 2. The summed E-state index contributed by atoms with van der Waals surface area (Å²) in [6, 6.07) is 3.56. The van der Waals surface area contributed by atoms with E-state index in [0.29, 0.717) is 40.7 Å². The summed E-state index contributed by atoms with van der Waals surface area (Å²) < 4.78 is 5.49. The number of fused-ring (bicyclic) bond motifs is 3. The molecule has 5 rings (SSSR count). The molecule has 2 aromatic rings. The molecule has 24 heavy (non-hydrogen) atoms. The molecule has 3 aliphatic carbocycles. The van der Waals surface area contributed by atoms with Crippen molar-refractivity contribution in [2.24, 2.45) is 0 Å². The van der Waals surface area contributed by atoms with E-state index in [2.05, 4.69) is 0 Å². The van der Waals surface area contributed by atoms with Gasteiger partial charge in [0.25, 0.3) is 0 Å². The lowest BCUT2D eigenvalue weighted by Gasteiger charge is -2.43. The smallest absolute Gasteiger partial charge is 0.228 e. The van der Waals surface area contributed by atoms with E-state index in [1.54, 1.807) is 12.1 Å². The molecule has 0 saturated carbocycles. The topological polar surface area (TPSA) is 87.7 Å². The van der Waals surface area contributed by atoms with Crippen molar-refractivity contribution in [2.45, 2.75) is 43.8 Å². The summed E-state index contributed by atoms with van der Waals surface area (Å²) >= 11 is 0. The van der Waals surface area contributed by atoms with Crippen LogP contribution in [0.2, 0.25) is 0 Å². The number of Topliss-reactive ketones (excluding diaryl/α,β-unsaturated/α-hetero) is 1. The maximum atomic E-state index is 12.9. The Balaban J connectivity index is 1.87. The van der Waals surface area contributed by atoms with E-state index >= 15 is 0 Å². The van der Waals surface area contributed by atoms with Crippen molar-refractivity contribution in [3.63, 3.8) is 0 Å². The fourth-order valence-electron chi connectivity index (χ4n) is 4.61. The highest BCUT2D eigenvalue weighted by Crippen LogP contribution is 2.53. The molecule has 0 fully saturated rings. The Morgan fingerprint density at radius 2 is 1.96 bits per heavy atom. The van der Waals surface area contributed by atoms with E-state index in [0.717, 1.165) is 5.56 Å². The van der Waals surface area contributed by atoms with E-state index < -0.39 is 17.6 Å². The molecule has 0 spiro atoms. The predicted molar refractivity (Wildman–Crippen MR) is 83.3 cm³/mol. The summed E-state index contributed by atoms with van der Waals surface area (Å²) in [5.74, 6) is 0.0293. The van der Waals surface area contributed by atoms with Crippen LogP contribution in [-0.2, 0) is 11.8 Å². The van der Waals surface area contributed by atoms with Gasteiger partial charge in [0.2, 0.25) is 5.78 Å². The van der Waals surface area contributed by atoms with Crippen LogP contribution in [0.3, 0.4) is 0 Å². The average Bonchev–Trinajstić information content (AvgIpc) is 3.15. The number of carbonyl (C=O) groups is 2. The lowest BCUT2D eigenvalue weighted by atomic mass is 9.60. The molecule has 0 aliphatic heterocycles. The van der Waals surface area contributed by atoms with Gasteiger partial charge in [-0.2, -0.15) is 0 Å². The fourth-order valence-corrected chi connectivity index (χ4v) is 4.61. The average molecular weight is 324 g/mol. The maximum absolute atomic E-state index is 12.9. The molecule has 2 N–H and O–H groups in total. The molecule has 3 unspecified atom stereocenters. The van der Waals surface area contributed by atoms with E-state index in [-0.39, 0.29) is 23.7 Å². The Morgan fingerprint density at radius 3 is 2.75 bits per heavy atom. The van der Waals surface area contributed by atoms with Crippen LogP contribution in [0.15, 0.2) is 22.8 Å². The molecule has 0 amide bonds. The van der Waals surface area contributed by atoms with Crippen LogP contribution in [0, 0.1) is 0 Å². The van der Waals surface area contributed by atoms with Crippen LogP contribution in [0.1, 0.15) is 74.6 Å². The van der Waals surface area contributed by atoms with E-state index in [9.17, 15) is 19.8 Å². The second-order valence-corrected chi connectivity index (χ2v) is 7.17. The molecule has 0 saturated heterocycles. The third kappa shape index (κ3) is 1.43. The Kier molecular flexibility index (Phi) is 2.49. The van der Waals surface area contributed by atoms with Gasteiger partial charge in [-0.25, -0.2) is 0 Å². The number of aryl methyl sites for hydroxylation is 1. The first-order valence-electron chi connectivity index (χ1n) is 8.16. The Bertz CT molecular complexity index is 937. The molecule has 3 atom stereocenters. The van der Waals surface area contributed by atoms with Gasteiger partial charge >= 0.3 is 0 Å².